The molecule has 0 bridgehead atoms. The summed E-state index contributed by atoms with van der Waals surface area (Å²) in [6.45, 7) is 0. The summed E-state index contributed by atoms with van der Waals surface area (Å²) in [5, 5.41) is 6.12. The van der Waals surface area contributed by atoms with Gasteiger partial charge in [-0.3, -0.25) is 4.79 Å². The monoisotopic (exact) mass is 324 g/mol. The van der Waals surface area contributed by atoms with Crippen LogP contribution >= 0.6 is 0 Å². The van der Waals surface area contributed by atoms with Crippen molar-refractivity contribution in [1.82, 2.24) is 5.32 Å². The lowest BCUT2D eigenvalue weighted by Gasteiger charge is -2.17. The third kappa shape index (κ3) is 4.34. The van der Waals surface area contributed by atoms with E-state index in [9.17, 15) is 9.59 Å². The van der Waals surface area contributed by atoms with E-state index in [2.05, 4.69) is 15.3 Å². The first kappa shape index (κ1) is 17.1. The van der Waals surface area contributed by atoms with Gasteiger partial charge in [-0.05, 0) is 17.2 Å². The van der Waals surface area contributed by atoms with Crippen LogP contribution in [0, 0.1) is 0 Å². The zero-order valence-corrected chi connectivity index (χ0v) is 13.0. The zero-order valence-electron chi connectivity index (χ0n) is 13.0. The second-order valence-electron chi connectivity index (χ2n) is 4.95. The third-order valence-corrected chi connectivity index (χ3v) is 3.37. The Bertz CT molecular complexity index is 770. The molecular formula is C17H16N4O3. The maximum absolute atomic E-state index is 12.5. The Morgan fingerprint density at radius 2 is 1.83 bits per heavy atom. The van der Waals surface area contributed by atoms with Gasteiger partial charge in [-0.15, -0.1) is 0 Å². The topological polar surface area (TPSA) is 104 Å². The molecule has 0 spiro atoms. The molecule has 2 aromatic carbocycles. The number of ether oxygens (including phenoxy) is 1. The summed E-state index contributed by atoms with van der Waals surface area (Å²) in [5.74, 6) is -1.06. The van der Waals surface area contributed by atoms with Gasteiger partial charge in [0.05, 0.1) is 12.8 Å². The Morgan fingerprint density at radius 3 is 2.50 bits per heavy atom. The van der Waals surface area contributed by atoms with Gasteiger partial charge < -0.3 is 10.1 Å². The molecule has 0 saturated carbocycles. The van der Waals surface area contributed by atoms with Crippen LogP contribution in [0.4, 0.5) is 5.69 Å². The van der Waals surface area contributed by atoms with Crippen molar-refractivity contribution < 1.29 is 14.3 Å². The number of nitrogens with zero attached hydrogens (tertiary/aromatic N) is 3. The summed E-state index contributed by atoms with van der Waals surface area (Å²) >= 11 is 0. The number of hydrogen-bond donors (Lipinski definition) is 1. The van der Waals surface area contributed by atoms with Gasteiger partial charge in [0.25, 0.3) is 5.91 Å². The number of methoxy groups -OCH3 is 1. The lowest BCUT2D eigenvalue weighted by Crippen LogP contribution is -2.43. The molecule has 0 unspecified atom stereocenters. The minimum absolute atomic E-state index is 0.192. The van der Waals surface area contributed by atoms with Crippen molar-refractivity contribution in [2.45, 2.75) is 12.5 Å². The Hall–Kier alpha value is -3.31. The van der Waals surface area contributed by atoms with E-state index in [-0.39, 0.29) is 11.3 Å². The maximum atomic E-state index is 12.5. The Kier molecular flexibility index (Phi) is 5.94. The molecule has 1 amide bonds. The molecule has 1 atom stereocenters. The van der Waals surface area contributed by atoms with E-state index < -0.39 is 17.9 Å². The number of rotatable bonds is 6. The lowest BCUT2D eigenvalue weighted by atomic mass is 10.1. The average Bonchev–Trinajstić information content (AvgIpc) is 2.62. The minimum Gasteiger partial charge on any atom is -0.467 e. The summed E-state index contributed by atoms with van der Waals surface area (Å²) in [5.41, 5.74) is 9.85. The minimum atomic E-state index is -0.843. The number of benzene rings is 2. The van der Waals surface area contributed by atoms with Crippen LogP contribution in [0.15, 0.2) is 59.7 Å². The number of azide groups is 1. The number of esters is 1. The highest BCUT2D eigenvalue weighted by Crippen LogP contribution is 2.19. The largest absolute Gasteiger partial charge is 0.467 e. The molecule has 7 heteroatoms. The molecular weight excluding hydrogens is 308 g/mol. The van der Waals surface area contributed by atoms with E-state index >= 15 is 0 Å². The summed E-state index contributed by atoms with van der Waals surface area (Å²) in [6, 6.07) is 14.8. The fraction of sp³-hybridized carbons (Fsp3) is 0.176. The second kappa shape index (κ2) is 8.36. The van der Waals surface area contributed by atoms with E-state index in [1.807, 2.05) is 30.3 Å². The molecule has 0 aliphatic heterocycles. The molecule has 0 aromatic heterocycles. The van der Waals surface area contributed by atoms with Crippen molar-refractivity contribution in [3.05, 3.63) is 76.2 Å². The van der Waals surface area contributed by atoms with Crippen LogP contribution in [0.5, 0.6) is 0 Å². The molecule has 0 aliphatic rings. The van der Waals surface area contributed by atoms with Gasteiger partial charge in [0, 0.05) is 16.9 Å². The molecule has 0 aliphatic carbocycles. The van der Waals surface area contributed by atoms with Gasteiger partial charge in [0.2, 0.25) is 0 Å². The van der Waals surface area contributed by atoms with Crippen LogP contribution in [-0.2, 0) is 16.0 Å². The number of hydrogen-bond acceptors (Lipinski definition) is 4. The SMILES string of the molecule is COC(=O)[C@H](Cc1ccccc1)NC(=O)c1ccccc1N=[N+]=[N-]. The second-order valence-corrected chi connectivity index (χ2v) is 4.95. The highest BCUT2D eigenvalue weighted by Gasteiger charge is 2.23. The molecule has 122 valence electrons. The van der Waals surface area contributed by atoms with Crippen LogP contribution in [-0.4, -0.2) is 25.0 Å². The molecule has 0 heterocycles. The predicted molar refractivity (Wildman–Crippen MR) is 88.7 cm³/mol. The quantitative estimate of drug-likeness (QED) is 0.382. The van der Waals surface area contributed by atoms with Gasteiger partial charge in [0.15, 0.2) is 0 Å². The number of amides is 1. The first-order valence-electron chi connectivity index (χ1n) is 7.22. The van der Waals surface area contributed by atoms with Crippen molar-refractivity contribution in [3.8, 4) is 0 Å². The zero-order chi connectivity index (χ0) is 17.4. The molecule has 0 radical (unpaired) electrons. The van der Waals surface area contributed by atoms with Crippen molar-refractivity contribution >= 4 is 17.6 Å². The molecule has 0 saturated heterocycles. The smallest absolute Gasteiger partial charge is 0.328 e. The highest BCUT2D eigenvalue weighted by atomic mass is 16.5. The predicted octanol–water partition coefficient (Wildman–Crippen LogP) is 3.14. The van der Waals surface area contributed by atoms with E-state index in [1.54, 1.807) is 12.1 Å². The van der Waals surface area contributed by atoms with Crippen molar-refractivity contribution in [2.75, 3.05) is 7.11 Å². The van der Waals surface area contributed by atoms with Crippen LogP contribution in [0.25, 0.3) is 10.4 Å². The molecule has 7 nitrogen and oxygen atoms in total. The fourth-order valence-electron chi connectivity index (χ4n) is 2.22. The van der Waals surface area contributed by atoms with Gasteiger partial charge in [-0.1, -0.05) is 53.6 Å². The maximum Gasteiger partial charge on any atom is 0.328 e. The molecule has 2 aromatic rings. The normalized spacial score (nSPS) is 11.0. The Balaban J connectivity index is 2.22. The van der Waals surface area contributed by atoms with E-state index in [4.69, 9.17) is 10.3 Å². The van der Waals surface area contributed by atoms with Crippen molar-refractivity contribution in [2.24, 2.45) is 5.11 Å². The van der Waals surface area contributed by atoms with Gasteiger partial charge in [-0.25, -0.2) is 4.79 Å². The van der Waals surface area contributed by atoms with Crippen LogP contribution < -0.4 is 5.32 Å². The highest BCUT2D eigenvalue weighted by molar-refractivity contribution is 6.00. The number of carbonyl (C=O) groups is 2. The third-order valence-electron chi connectivity index (χ3n) is 3.37. The van der Waals surface area contributed by atoms with Gasteiger partial charge >= 0.3 is 5.97 Å². The fourth-order valence-corrected chi connectivity index (χ4v) is 2.22. The standard InChI is InChI=1S/C17H16N4O3/c1-24-17(23)15(11-12-7-3-2-4-8-12)19-16(22)13-9-5-6-10-14(13)20-21-18/h2-10,15H,11H2,1H3,(H,19,22)/t15-/m0/s1. The van der Waals surface area contributed by atoms with Crippen molar-refractivity contribution in [1.29, 1.82) is 0 Å². The lowest BCUT2D eigenvalue weighted by molar-refractivity contribution is -0.142. The first-order chi connectivity index (χ1) is 11.7. The first-order valence-corrected chi connectivity index (χ1v) is 7.22. The number of nitrogens with one attached hydrogen (secondary N) is 1. The van der Waals surface area contributed by atoms with E-state index in [0.717, 1.165) is 5.56 Å². The van der Waals surface area contributed by atoms with Crippen molar-refractivity contribution in [3.63, 3.8) is 0 Å². The van der Waals surface area contributed by atoms with E-state index in [0.29, 0.717) is 6.42 Å². The summed E-state index contributed by atoms with van der Waals surface area (Å²) in [6.07, 6.45) is 0.295. The molecule has 0 fully saturated rings. The summed E-state index contributed by atoms with van der Waals surface area (Å²) in [7, 11) is 1.26. The van der Waals surface area contributed by atoms with Crippen LogP contribution in [0.3, 0.4) is 0 Å². The van der Waals surface area contributed by atoms with Gasteiger partial charge in [0.1, 0.15) is 6.04 Å². The summed E-state index contributed by atoms with van der Waals surface area (Å²) < 4.78 is 4.76. The van der Waals surface area contributed by atoms with Crippen LogP contribution in [0.2, 0.25) is 0 Å². The van der Waals surface area contributed by atoms with Gasteiger partial charge in [-0.2, -0.15) is 0 Å². The van der Waals surface area contributed by atoms with Crippen LogP contribution in [0.1, 0.15) is 15.9 Å². The van der Waals surface area contributed by atoms with E-state index in [1.165, 1.54) is 19.2 Å². The average molecular weight is 324 g/mol. The summed E-state index contributed by atoms with van der Waals surface area (Å²) in [4.78, 5) is 27.1. The Morgan fingerprint density at radius 1 is 1.17 bits per heavy atom. The Labute approximate surface area is 138 Å². The molecule has 2 rings (SSSR count). The number of carbonyl (C=O) groups excluding carboxylic acids is 2. The molecule has 1 N–H and O–H groups in total. The molecule has 24 heavy (non-hydrogen) atoms.